The molecule has 4 rings (SSSR count). The first kappa shape index (κ1) is 27.3. The van der Waals surface area contributed by atoms with E-state index < -0.39 is 12.1 Å². The smallest absolute Gasteiger partial charge is 0.303 e. The summed E-state index contributed by atoms with van der Waals surface area (Å²) in [6.07, 6.45) is 6.41. The van der Waals surface area contributed by atoms with Gasteiger partial charge in [0.2, 0.25) is 0 Å². The minimum Gasteiger partial charge on any atom is -0.497 e. The van der Waals surface area contributed by atoms with Crippen molar-refractivity contribution in [2.45, 2.75) is 49.7 Å². The van der Waals surface area contributed by atoms with Crippen molar-refractivity contribution in [1.29, 1.82) is 0 Å². The maximum absolute atomic E-state index is 15.5. The standard InChI is InChI=1S/C29H36FN3O3S/c1-36-23-8-10-27-25(19-23)24(12-15-31-27)26(30)9-6-21-13-17-33(20-22(21)7-11-29(34)35)16-4-18-37-28-5-2-3-14-32-28/h2-3,5,8,10,12,14-15,19,21-22,26H,4,6-7,9,11,13,16-18,20H2,1H3,(H,34,35)/t21-,22-,26-/m1/s1. The van der Waals surface area contributed by atoms with E-state index in [9.17, 15) is 9.90 Å². The number of ether oxygens (including phenoxy) is 1. The van der Waals surface area contributed by atoms with Crippen molar-refractivity contribution < 1.29 is 19.0 Å². The van der Waals surface area contributed by atoms with Gasteiger partial charge in [0.1, 0.15) is 11.9 Å². The number of halogens is 1. The second-order valence-electron chi connectivity index (χ2n) is 9.74. The molecule has 3 heterocycles. The Hall–Kier alpha value is -2.71. The number of carboxylic acid groups (broad SMARTS) is 1. The van der Waals surface area contributed by atoms with Crippen LogP contribution in [0.4, 0.5) is 4.39 Å². The van der Waals surface area contributed by atoms with Crippen LogP contribution >= 0.6 is 11.8 Å². The summed E-state index contributed by atoms with van der Waals surface area (Å²) in [5, 5.41) is 11.1. The highest BCUT2D eigenvalue weighted by Gasteiger charge is 2.30. The highest BCUT2D eigenvalue weighted by atomic mass is 32.2. The van der Waals surface area contributed by atoms with Gasteiger partial charge in [-0.2, -0.15) is 0 Å². The number of carbonyl (C=O) groups is 1. The molecule has 3 aromatic rings. The van der Waals surface area contributed by atoms with Gasteiger partial charge in [-0.15, -0.1) is 11.8 Å². The van der Waals surface area contributed by atoms with E-state index in [4.69, 9.17) is 4.74 Å². The number of rotatable bonds is 13. The molecule has 2 aromatic heterocycles. The van der Waals surface area contributed by atoms with Crippen LogP contribution < -0.4 is 4.74 Å². The predicted molar refractivity (Wildman–Crippen MR) is 146 cm³/mol. The number of aliphatic carboxylic acids is 1. The highest BCUT2D eigenvalue weighted by molar-refractivity contribution is 7.99. The number of piperidine rings is 1. The lowest BCUT2D eigenvalue weighted by Crippen LogP contribution is -2.41. The second kappa shape index (κ2) is 13.7. The van der Waals surface area contributed by atoms with Gasteiger partial charge in [-0.3, -0.25) is 9.78 Å². The molecular formula is C29H36FN3O3S. The van der Waals surface area contributed by atoms with Crippen LogP contribution in [0.3, 0.4) is 0 Å². The van der Waals surface area contributed by atoms with Gasteiger partial charge < -0.3 is 14.7 Å². The fourth-order valence-electron chi connectivity index (χ4n) is 5.34. The van der Waals surface area contributed by atoms with E-state index in [-0.39, 0.29) is 12.3 Å². The summed E-state index contributed by atoms with van der Waals surface area (Å²) < 4.78 is 20.9. The highest BCUT2D eigenvalue weighted by Crippen LogP contribution is 2.36. The number of methoxy groups -OCH3 is 1. The third-order valence-electron chi connectivity index (χ3n) is 7.32. The molecule has 0 amide bonds. The minimum absolute atomic E-state index is 0.165. The Morgan fingerprint density at radius 2 is 2.08 bits per heavy atom. The van der Waals surface area contributed by atoms with Gasteiger partial charge in [0.25, 0.3) is 0 Å². The van der Waals surface area contributed by atoms with Crippen LogP contribution in [0.1, 0.15) is 50.3 Å². The fourth-order valence-corrected chi connectivity index (χ4v) is 6.13. The van der Waals surface area contributed by atoms with Crippen LogP contribution in [-0.2, 0) is 4.79 Å². The summed E-state index contributed by atoms with van der Waals surface area (Å²) in [6, 6.07) is 13.3. The number of hydrogen-bond acceptors (Lipinski definition) is 6. The lowest BCUT2D eigenvalue weighted by atomic mass is 9.79. The largest absolute Gasteiger partial charge is 0.497 e. The van der Waals surface area contributed by atoms with Gasteiger partial charge in [0, 0.05) is 36.5 Å². The second-order valence-corrected chi connectivity index (χ2v) is 10.9. The van der Waals surface area contributed by atoms with E-state index in [1.807, 2.05) is 42.6 Å². The fraction of sp³-hybridized carbons (Fsp3) is 0.483. The summed E-state index contributed by atoms with van der Waals surface area (Å²) in [7, 11) is 1.60. The molecule has 0 bridgehead atoms. The number of fused-ring (bicyclic) bond motifs is 1. The summed E-state index contributed by atoms with van der Waals surface area (Å²) in [6.45, 7) is 2.86. The Morgan fingerprint density at radius 1 is 1.19 bits per heavy atom. The van der Waals surface area contributed by atoms with Gasteiger partial charge in [-0.05, 0) is 99.0 Å². The minimum atomic E-state index is -1.10. The molecule has 1 saturated heterocycles. The zero-order valence-corrected chi connectivity index (χ0v) is 22.2. The van der Waals surface area contributed by atoms with Crippen LogP contribution in [-0.4, -0.2) is 58.4 Å². The van der Waals surface area contributed by atoms with Crippen molar-refractivity contribution in [1.82, 2.24) is 14.9 Å². The molecular weight excluding hydrogens is 489 g/mol. The molecule has 1 aromatic carbocycles. The first-order valence-electron chi connectivity index (χ1n) is 13.1. The van der Waals surface area contributed by atoms with Gasteiger partial charge in [-0.25, -0.2) is 9.37 Å². The molecule has 198 valence electrons. The van der Waals surface area contributed by atoms with Gasteiger partial charge >= 0.3 is 5.97 Å². The van der Waals surface area contributed by atoms with Crippen LogP contribution in [0, 0.1) is 11.8 Å². The average molecular weight is 526 g/mol. The van der Waals surface area contributed by atoms with Gasteiger partial charge in [0.15, 0.2) is 0 Å². The molecule has 1 fully saturated rings. The lowest BCUT2D eigenvalue weighted by molar-refractivity contribution is -0.137. The van der Waals surface area contributed by atoms with E-state index >= 15 is 4.39 Å². The summed E-state index contributed by atoms with van der Waals surface area (Å²) in [5.74, 6) is 1.54. The maximum atomic E-state index is 15.5. The van der Waals surface area contributed by atoms with E-state index in [1.54, 1.807) is 31.1 Å². The molecule has 0 saturated carbocycles. The van der Waals surface area contributed by atoms with Crippen molar-refractivity contribution >= 4 is 28.6 Å². The Balaban J connectivity index is 1.32. The molecule has 8 heteroatoms. The molecule has 1 aliphatic rings. The SMILES string of the molecule is COc1ccc2nccc([C@H](F)CC[C@@H]3CCN(CCCSc4ccccn4)C[C@H]3CCC(=O)O)c2c1. The van der Waals surface area contributed by atoms with Crippen molar-refractivity contribution in [3.63, 3.8) is 0 Å². The summed E-state index contributed by atoms with van der Waals surface area (Å²) >= 11 is 1.77. The Bertz CT molecular complexity index is 1150. The maximum Gasteiger partial charge on any atom is 0.303 e. The third-order valence-corrected chi connectivity index (χ3v) is 8.35. The molecule has 3 atom stereocenters. The number of benzene rings is 1. The van der Waals surface area contributed by atoms with Gasteiger partial charge in [0.05, 0.1) is 17.7 Å². The molecule has 0 radical (unpaired) electrons. The number of nitrogens with zero attached hydrogens (tertiary/aromatic N) is 3. The van der Waals surface area contributed by atoms with E-state index in [2.05, 4.69) is 14.9 Å². The molecule has 0 spiro atoms. The number of hydrogen-bond donors (Lipinski definition) is 1. The number of pyridine rings is 2. The third kappa shape index (κ3) is 7.89. The van der Waals surface area contributed by atoms with Crippen LogP contribution in [0.15, 0.2) is 59.9 Å². The molecule has 37 heavy (non-hydrogen) atoms. The van der Waals surface area contributed by atoms with Crippen LogP contribution in [0.2, 0.25) is 0 Å². The normalized spacial score (nSPS) is 19.1. The summed E-state index contributed by atoms with van der Waals surface area (Å²) in [4.78, 5) is 22.5. The molecule has 0 aliphatic carbocycles. The average Bonchev–Trinajstić information content (AvgIpc) is 2.93. The van der Waals surface area contributed by atoms with Crippen LogP contribution in [0.25, 0.3) is 10.9 Å². The Labute approximate surface area is 222 Å². The van der Waals surface area contributed by atoms with Crippen LogP contribution in [0.5, 0.6) is 5.75 Å². The van der Waals surface area contributed by atoms with Crippen molar-refractivity contribution in [2.24, 2.45) is 11.8 Å². The number of carboxylic acids is 1. The molecule has 1 N–H and O–H groups in total. The zero-order valence-electron chi connectivity index (χ0n) is 21.4. The number of alkyl halides is 1. The van der Waals surface area contributed by atoms with E-state index in [0.717, 1.165) is 60.6 Å². The Morgan fingerprint density at radius 3 is 2.86 bits per heavy atom. The number of likely N-dealkylation sites (tertiary alicyclic amines) is 1. The van der Waals surface area contributed by atoms with E-state index in [1.165, 1.54) is 0 Å². The topological polar surface area (TPSA) is 75.5 Å². The van der Waals surface area contributed by atoms with Crippen molar-refractivity contribution in [3.8, 4) is 5.75 Å². The molecule has 1 aliphatic heterocycles. The molecule has 0 unspecified atom stereocenters. The van der Waals surface area contributed by atoms with Gasteiger partial charge in [-0.1, -0.05) is 6.07 Å². The zero-order chi connectivity index (χ0) is 26.0. The Kier molecular flexibility index (Phi) is 10.1. The first-order valence-corrected chi connectivity index (χ1v) is 14.1. The molecule has 6 nitrogen and oxygen atoms in total. The quantitative estimate of drug-likeness (QED) is 0.204. The number of aromatic nitrogens is 2. The monoisotopic (exact) mass is 525 g/mol. The lowest BCUT2D eigenvalue weighted by Gasteiger charge is -2.39. The number of thioether (sulfide) groups is 1. The van der Waals surface area contributed by atoms with Crippen molar-refractivity contribution in [3.05, 3.63) is 60.4 Å². The summed E-state index contributed by atoms with van der Waals surface area (Å²) in [5.41, 5.74) is 1.41. The van der Waals surface area contributed by atoms with E-state index in [0.29, 0.717) is 30.1 Å². The van der Waals surface area contributed by atoms with Crippen molar-refractivity contribution in [2.75, 3.05) is 32.5 Å². The predicted octanol–water partition coefficient (Wildman–Crippen LogP) is 6.41. The first-order chi connectivity index (χ1) is 18.0.